The van der Waals surface area contributed by atoms with E-state index in [2.05, 4.69) is 5.32 Å². The van der Waals surface area contributed by atoms with Gasteiger partial charge in [-0.1, -0.05) is 0 Å². The van der Waals surface area contributed by atoms with E-state index in [0.29, 0.717) is 11.4 Å². The number of nitrogens with one attached hydrogen (secondary N) is 1. The molecule has 1 aromatic rings. The van der Waals surface area contributed by atoms with Crippen LogP contribution >= 0.6 is 0 Å². The summed E-state index contributed by atoms with van der Waals surface area (Å²) < 4.78 is 13.6. The number of amides is 1. The third kappa shape index (κ3) is 3.36. The fraction of sp³-hybridized carbons (Fsp3) is 0.500. The van der Waals surface area contributed by atoms with Crippen LogP contribution in [-0.4, -0.2) is 29.9 Å². The maximum absolute atomic E-state index is 13.6. The zero-order valence-electron chi connectivity index (χ0n) is 11.2. The van der Waals surface area contributed by atoms with Crippen LogP contribution in [0.2, 0.25) is 0 Å². The van der Waals surface area contributed by atoms with Gasteiger partial charge in [0.1, 0.15) is 11.9 Å². The Morgan fingerprint density at radius 1 is 1.37 bits per heavy atom. The molecule has 1 aliphatic heterocycles. The molecule has 4 nitrogen and oxygen atoms in total. The van der Waals surface area contributed by atoms with Crippen molar-refractivity contribution < 1.29 is 9.18 Å². The zero-order valence-corrected chi connectivity index (χ0v) is 11.2. The van der Waals surface area contributed by atoms with Gasteiger partial charge in [0.2, 0.25) is 5.91 Å². The second-order valence-corrected chi connectivity index (χ2v) is 4.99. The molecule has 0 aromatic heterocycles. The topological polar surface area (TPSA) is 58.4 Å². The van der Waals surface area contributed by atoms with Crippen molar-refractivity contribution in [2.24, 2.45) is 0 Å². The zero-order chi connectivity index (χ0) is 13.8. The molecule has 1 unspecified atom stereocenters. The van der Waals surface area contributed by atoms with E-state index in [1.165, 1.54) is 12.5 Å². The van der Waals surface area contributed by atoms with Crippen LogP contribution in [0.3, 0.4) is 0 Å². The van der Waals surface area contributed by atoms with Crippen LogP contribution in [0.4, 0.5) is 15.8 Å². The molecule has 0 radical (unpaired) electrons. The predicted octanol–water partition coefficient (Wildman–Crippen LogP) is 2.22. The van der Waals surface area contributed by atoms with Crippen LogP contribution in [0.5, 0.6) is 0 Å². The van der Waals surface area contributed by atoms with Crippen LogP contribution in [0.15, 0.2) is 18.2 Å². The molecule has 0 bridgehead atoms. The number of nitrogen functional groups attached to an aromatic ring is 1. The van der Waals surface area contributed by atoms with Gasteiger partial charge in [0.25, 0.3) is 0 Å². The maximum atomic E-state index is 13.6. The summed E-state index contributed by atoms with van der Waals surface area (Å²) in [4.78, 5) is 14.0. The number of carbonyl (C=O) groups excluding carboxylic acids is 1. The summed E-state index contributed by atoms with van der Waals surface area (Å²) in [6.07, 6.45) is 3.28. The Kier molecular flexibility index (Phi) is 4.24. The molecule has 1 heterocycles. The molecule has 0 saturated carbocycles. The highest BCUT2D eigenvalue weighted by Crippen LogP contribution is 2.19. The van der Waals surface area contributed by atoms with E-state index in [-0.39, 0.29) is 5.91 Å². The smallest absolute Gasteiger partial charge is 0.244 e. The van der Waals surface area contributed by atoms with Gasteiger partial charge in [-0.05, 0) is 44.4 Å². The summed E-state index contributed by atoms with van der Waals surface area (Å²) in [5.74, 6) is -0.408. The van der Waals surface area contributed by atoms with Crippen molar-refractivity contribution in [3.8, 4) is 0 Å². The lowest BCUT2D eigenvalue weighted by Crippen LogP contribution is -2.44. The minimum atomic E-state index is -0.434. The van der Waals surface area contributed by atoms with Gasteiger partial charge in [0.15, 0.2) is 0 Å². The number of hydrogen-bond donors (Lipinski definition) is 2. The number of anilines is 2. The van der Waals surface area contributed by atoms with Crippen LogP contribution in [0.25, 0.3) is 0 Å². The molecule has 1 atom stereocenters. The van der Waals surface area contributed by atoms with Crippen LogP contribution < -0.4 is 11.1 Å². The molecule has 1 saturated heterocycles. The average Bonchev–Trinajstić information content (AvgIpc) is 2.42. The summed E-state index contributed by atoms with van der Waals surface area (Å²) in [5, 5.41) is 2.91. The van der Waals surface area contributed by atoms with Gasteiger partial charge in [-0.3, -0.25) is 4.79 Å². The summed E-state index contributed by atoms with van der Waals surface area (Å²) in [6.45, 7) is 3.36. The van der Waals surface area contributed by atoms with Crippen LogP contribution in [0, 0.1) is 5.82 Å². The molecular weight excluding hydrogens is 245 g/mol. The van der Waals surface area contributed by atoms with Gasteiger partial charge in [0, 0.05) is 18.8 Å². The largest absolute Gasteiger partial charge is 0.399 e. The van der Waals surface area contributed by atoms with E-state index < -0.39 is 11.9 Å². The van der Waals surface area contributed by atoms with E-state index in [1.807, 2.05) is 4.90 Å². The Balaban J connectivity index is 1.99. The van der Waals surface area contributed by atoms with Gasteiger partial charge >= 0.3 is 0 Å². The van der Waals surface area contributed by atoms with Gasteiger partial charge in [0.05, 0.1) is 5.69 Å². The minimum Gasteiger partial charge on any atom is -0.399 e. The number of hydrogen-bond acceptors (Lipinski definition) is 3. The highest BCUT2D eigenvalue weighted by Gasteiger charge is 2.22. The Hall–Kier alpha value is -1.78. The number of halogens is 1. The van der Waals surface area contributed by atoms with Crippen molar-refractivity contribution in [3.05, 3.63) is 24.0 Å². The Morgan fingerprint density at radius 3 is 2.68 bits per heavy atom. The normalized spacial score (nSPS) is 17.1. The van der Waals surface area contributed by atoms with E-state index in [1.54, 1.807) is 19.1 Å². The van der Waals surface area contributed by atoms with Crippen LogP contribution in [-0.2, 0) is 4.79 Å². The summed E-state index contributed by atoms with van der Waals surface area (Å²) in [5.41, 5.74) is 6.18. The van der Waals surface area contributed by atoms with Crippen molar-refractivity contribution in [2.75, 3.05) is 24.1 Å². The minimum absolute atomic E-state index is 0.0240. The number of piperidine rings is 1. The predicted molar refractivity (Wildman–Crippen MR) is 74.3 cm³/mol. The molecule has 1 aromatic carbocycles. The monoisotopic (exact) mass is 265 g/mol. The number of likely N-dealkylation sites (tertiary alicyclic amines) is 1. The van der Waals surface area contributed by atoms with Crippen molar-refractivity contribution in [2.45, 2.75) is 32.2 Å². The first kappa shape index (κ1) is 13.6. The SMILES string of the molecule is CC(Nc1ccc(N)cc1F)C(=O)N1CCCCC1. The fourth-order valence-corrected chi connectivity index (χ4v) is 2.33. The van der Waals surface area contributed by atoms with Crippen molar-refractivity contribution in [1.29, 1.82) is 0 Å². The molecule has 0 aliphatic carbocycles. The summed E-state index contributed by atoms with van der Waals surface area (Å²) in [7, 11) is 0. The van der Waals surface area contributed by atoms with Crippen molar-refractivity contribution in [3.63, 3.8) is 0 Å². The maximum Gasteiger partial charge on any atom is 0.244 e. The van der Waals surface area contributed by atoms with E-state index >= 15 is 0 Å². The molecule has 1 fully saturated rings. The highest BCUT2D eigenvalue weighted by atomic mass is 19.1. The molecule has 2 rings (SSSR count). The molecular formula is C14H20FN3O. The molecule has 19 heavy (non-hydrogen) atoms. The Morgan fingerprint density at radius 2 is 2.05 bits per heavy atom. The second kappa shape index (κ2) is 5.91. The molecule has 104 valence electrons. The average molecular weight is 265 g/mol. The first-order valence-corrected chi connectivity index (χ1v) is 6.68. The number of nitrogens with two attached hydrogens (primary N) is 1. The van der Waals surface area contributed by atoms with E-state index in [0.717, 1.165) is 25.9 Å². The second-order valence-electron chi connectivity index (χ2n) is 4.99. The van der Waals surface area contributed by atoms with Gasteiger partial charge in [-0.25, -0.2) is 4.39 Å². The van der Waals surface area contributed by atoms with Crippen molar-refractivity contribution in [1.82, 2.24) is 4.90 Å². The lowest BCUT2D eigenvalue weighted by Gasteiger charge is -2.29. The first-order valence-electron chi connectivity index (χ1n) is 6.68. The van der Waals surface area contributed by atoms with E-state index in [4.69, 9.17) is 5.73 Å². The Bertz CT molecular complexity index is 458. The lowest BCUT2D eigenvalue weighted by molar-refractivity contribution is -0.132. The van der Waals surface area contributed by atoms with Crippen molar-refractivity contribution >= 4 is 17.3 Å². The number of carbonyl (C=O) groups is 1. The molecule has 0 spiro atoms. The summed E-state index contributed by atoms with van der Waals surface area (Å²) in [6, 6.07) is 3.99. The standard InChI is InChI=1S/C14H20FN3O/c1-10(14(19)18-7-3-2-4-8-18)17-13-6-5-11(16)9-12(13)15/h5-6,9-10,17H,2-4,7-8,16H2,1H3. The Labute approximate surface area is 112 Å². The first-order chi connectivity index (χ1) is 9.08. The van der Waals surface area contributed by atoms with E-state index in [9.17, 15) is 9.18 Å². The lowest BCUT2D eigenvalue weighted by atomic mass is 10.1. The highest BCUT2D eigenvalue weighted by molar-refractivity contribution is 5.84. The number of benzene rings is 1. The quantitative estimate of drug-likeness (QED) is 0.824. The molecule has 1 aliphatic rings. The third-order valence-electron chi connectivity index (χ3n) is 3.40. The fourth-order valence-electron chi connectivity index (χ4n) is 2.33. The van der Waals surface area contributed by atoms with Gasteiger partial charge in [-0.15, -0.1) is 0 Å². The molecule has 3 N–H and O–H groups in total. The number of rotatable bonds is 3. The van der Waals surface area contributed by atoms with Gasteiger partial charge in [-0.2, -0.15) is 0 Å². The number of nitrogens with zero attached hydrogens (tertiary/aromatic N) is 1. The third-order valence-corrected chi connectivity index (χ3v) is 3.40. The summed E-state index contributed by atoms with van der Waals surface area (Å²) >= 11 is 0. The van der Waals surface area contributed by atoms with Gasteiger partial charge < -0.3 is 16.0 Å². The molecule has 5 heteroatoms. The van der Waals surface area contributed by atoms with Crippen LogP contribution in [0.1, 0.15) is 26.2 Å². The molecule has 1 amide bonds.